The summed E-state index contributed by atoms with van der Waals surface area (Å²) in [6, 6.07) is 0.796. The molecule has 8 heteroatoms. The molecule has 0 radical (unpaired) electrons. The predicted octanol–water partition coefficient (Wildman–Crippen LogP) is 2.65. The molecular weight excluding hydrogens is 283 g/mol. The predicted molar refractivity (Wildman–Crippen MR) is 74.1 cm³/mol. The average Bonchev–Trinajstić information content (AvgIpc) is 2.38. The Morgan fingerprint density at radius 2 is 2.14 bits per heavy atom. The lowest BCUT2D eigenvalue weighted by Gasteiger charge is -2.18. The number of nitrogens with zero attached hydrogens (tertiary/aromatic N) is 1. The fourth-order valence-corrected chi connectivity index (χ4v) is 1.84. The Bertz CT molecular complexity index is 548. The van der Waals surface area contributed by atoms with Gasteiger partial charge in [-0.1, -0.05) is 13.8 Å². The van der Waals surface area contributed by atoms with Crippen LogP contribution in [0.1, 0.15) is 20.3 Å². The van der Waals surface area contributed by atoms with Crippen LogP contribution in [0.25, 0.3) is 0 Å². The molecule has 0 aromatic heterocycles. The van der Waals surface area contributed by atoms with Gasteiger partial charge in [-0.3, -0.25) is 10.1 Å². The second-order valence-corrected chi connectivity index (χ2v) is 4.93. The number of anilines is 1. The van der Waals surface area contributed by atoms with E-state index in [0.29, 0.717) is 6.07 Å². The lowest BCUT2D eigenvalue weighted by Crippen LogP contribution is -2.31. The van der Waals surface area contributed by atoms with Crippen molar-refractivity contribution in [3.05, 3.63) is 28.1 Å². The quantitative estimate of drug-likeness (QED) is 0.593. The minimum absolute atomic E-state index is 0.0848. The molecule has 0 saturated carbocycles. The van der Waals surface area contributed by atoms with Gasteiger partial charge in [0.2, 0.25) is 0 Å². The molecular formula is C13H17FN2O5. The second kappa shape index (κ2) is 6.87. The van der Waals surface area contributed by atoms with Gasteiger partial charge in [0.05, 0.1) is 23.8 Å². The highest BCUT2D eigenvalue weighted by Gasteiger charge is 2.24. The molecule has 0 heterocycles. The fraction of sp³-hybridized carbons (Fsp3) is 0.462. The van der Waals surface area contributed by atoms with Gasteiger partial charge >= 0.3 is 11.7 Å². The monoisotopic (exact) mass is 300 g/mol. The molecule has 0 aliphatic carbocycles. The van der Waals surface area contributed by atoms with Crippen LogP contribution < -0.4 is 10.1 Å². The molecule has 1 atom stereocenters. The zero-order chi connectivity index (χ0) is 16.2. The number of benzene rings is 1. The Labute approximate surface area is 120 Å². The van der Waals surface area contributed by atoms with Crippen LogP contribution in [-0.4, -0.2) is 29.2 Å². The molecule has 0 saturated heterocycles. The number of hydrogen-bond donors (Lipinski definition) is 2. The number of nitrogens with one attached hydrogen (secondary N) is 1. The number of carboxylic acids is 1. The highest BCUT2D eigenvalue weighted by molar-refractivity contribution is 5.77. The summed E-state index contributed by atoms with van der Waals surface area (Å²) in [6.45, 7) is 3.68. The van der Waals surface area contributed by atoms with Gasteiger partial charge in [0.25, 0.3) is 0 Å². The Hall–Kier alpha value is -2.38. The third-order valence-electron chi connectivity index (χ3n) is 2.80. The molecule has 1 rings (SSSR count). The maximum Gasteiger partial charge on any atom is 0.326 e. The largest absolute Gasteiger partial charge is 0.490 e. The van der Waals surface area contributed by atoms with Crippen molar-refractivity contribution in [2.75, 3.05) is 12.4 Å². The maximum atomic E-state index is 13.9. The van der Waals surface area contributed by atoms with Gasteiger partial charge in [0, 0.05) is 6.07 Å². The van der Waals surface area contributed by atoms with Crippen LogP contribution in [0.5, 0.6) is 5.75 Å². The minimum atomic E-state index is -1.12. The standard InChI is InChI=1S/C13H17FN2O5/c1-7(2)4-10(13(17)18)15-9-6-12(21-3)11(16(19)20)5-8(9)14/h5-7,10,15H,4H2,1-3H3,(H,17,18)/t10-/m0/s1. The van der Waals surface area contributed by atoms with Crippen LogP contribution in [0.15, 0.2) is 12.1 Å². The van der Waals surface area contributed by atoms with E-state index in [0.717, 1.165) is 6.07 Å². The summed E-state index contributed by atoms with van der Waals surface area (Å²) >= 11 is 0. The number of methoxy groups -OCH3 is 1. The topological polar surface area (TPSA) is 102 Å². The second-order valence-electron chi connectivity index (χ2n) is 4.93. The lowest BCUT2D eigenvalue weighted by molar-refractivity contribution is -0.385. The van der Waals surface area contributed by atoms with E-state index in [1.54, 1.807) is 0 Å². The van der Waals surface area contributed by atoms with E-state index in [1.165, 1.54) is 7.11 Å². The summed E-state index contributed by atoms with van der Waals surface area (Å²) in [5.41, 5.74) is -0.665. The van der Waals surface area contributed by atoms with Crippen molar-refractivity contribution >= 4 is 17.3 Å². The van der Waals surface area contributed by atoms with Crippen molar-refractivity contribution in [2.45, 2.75) is 26.3 Å². The van der Waals surface area contributed by atoms with Crippen molar-refractivity contribution in [1.29, 1.82) is 0 Å². The van der Waals surface area contributed by atoms with E-state index < -0.39 is 28.4 Å². The fourth-order valence-electron chi connectivity index (χ4n) is 1.84. The number of nitro benzene ring substituents is 1. The number of hydrogen-bond acceptors (Lipinski definition) is 5. The normalized spacial score (nSPS) is 12.0. The molecule has 2 N–H and O–H groups in total. The molecule has 1 aromatic rings. The number of halogens is 1. The molecule has 0 aliphatic rings. The highest BCUT2D eigenvalue weighted by Crippen LogP contribution is 2.32. The Morgan fingerprint density at radius 3 is 2.57 bits per heavy atom. The molecule has 21 heavy (non-hydrogen) atoms. The first-order valence-corrected chi connectivity index (χ1v) is 6.27. The van der Waals surface area contributed by atoms with Gasteiger partial charge in [0.15, 0.2) is 11.6 Å². The van der Waals surface area contributed by atoms with Gasteiger partial charge in [0.1, 0.15) is 6.04 Å². The zero-order valence-corrected chi connectivity index (χ0v) is 11.9. The number of rotatable bonds is 7. The third kappa shape index (κ3) is 4.30. The summed E-state index contributed by atoms with van der Waals surface area (Å²) < 4.78 is 18.7. The number of ether oxygens (including phenoxy) is 1. The van der Waals surface area contributed by atoms with Gasteiger partial charge < -0.3 is 15.2 Å². The number of nitro groups is 1. The smallest absolute Gasteiger partial charge is 0.326 e. The average molecular weight is 300 g/mol. The van der Waals surface area contributed by atoms with E-state index in [4.69, 9.17) is 9.84 Å². The van der Waals surface area contributed by atoms with Crippen LogP contribution >= 0.6 is 0 Å². The van der Waals surface area contributed by atoms with Gasteiger partial charge in [-0.2, -0.15) is 0 Å². The Balaban J connectivity index is 3.12. The van der Waals surface area contributed by atoms with E-state index in [1.807, 2.05) is 13.8 Å². The molecule has 0 bridgehead atoms. The molecule has 7 nitrogen and oxygen atoms in total. The minimum Gasteiger partial charge on any atom is -0.490 e. The van der Waals surface area contributed by atoms with Crippen molar-refractivity contribution in [2.24, 2.45) is 5.92 Å². The number of carbonyl (C=O) groups is 1. The first-order valence-electron chi connectivity index (χ1n) is 6.27. The van der Waals surface area contributed by atoms with Crippen LogP contribution in [0.3, 0.4) is 0 Å². The van der Waals surface area contributed by atoms with Crippen molar-refractivity contribution in [1.82, 2.24) is 0 Å². The summed E-state index contributed by atoms with van der Waals surface area (Å²) in [5.74, 6) is -2.09. The molecule has 0 fully saturated rings. The van der Waals surface area contributed by atoms with Crippen LogP contribution in [-0.2, 0) is 4.79 Å². The molecule has 0 unspecified atom stereocenters. The first-order chi connectivity index (χ1) is 9.76. The molecule has 116 valence electrons. The summed E-state index contributed by atoms with van der Waals surface area (Å²) in [6.07, 6.45) is 0.286. The van der Waals surface area contributed by atoms with Crippen molar-refractivity contribution in [3.63, 3.8) is 0 Å². The van der Waals surface area contributed by atoms with Crippen LogP contribution in [0.2, 0.25) is 0 Å². The van der Waals surface area contributed by atoms with Gasteiger partial charge in [-0.25, -0.2) is 9.18 Å². The van der Waals surface area contributed by atoms with E-state index in [9.17, 15) is 19.3 Å². The van der Waals surface area contributed by atoms with Gasteiger partial charge in [-0.05, 0) is 12.3 Å². The number of aliphatic carboxylic acids is 1. The molecule has 0 amide bonds. The van der Waals surface area contributed by atoms with E-state index >= 15 is 0 Å². The van der Waals surface area contributed by atoms with E-state index in [2.05, 4.69) is 5.32 Å². The van der Waals surface area contributed by atoms with Crippen molar-refractivity contribution < 1.29 is 24.0 Å². The Kier molecular flexibility index (Phi) is 5.45. The Morgan fingerprint density at radius 1 is 1.52 bits per heavy atom. The van der Waals surface area contributed by atoms with Gasteiger partial charge in [-0.15, -0.1) is 0 Å². The summed E-state index contributed by atoms with van der Waals surface area (Å²) in [4.78, 5) is 21.2. The van der Waals surface area contributed by atoms with Crippen LogP contribution in [0, 0.1) is 21.8 Å². The zero-order valence-electron chi connectivity index (χ0n) is 11.9. The van der Waals surface area contributed by atoms with E-state index in [-0.39, 0.29) is 23.8 Å². The summed E-state index contributed by atoms with van der Waals surface area (Å²) in [5, 5.41) is 22.4. The molecule has 0 aliphatic heterocycles. The molecule has 0 spiro atoms. The highest BCUT2D eigenvalue weighted by atomic mass is 19.1. The molecule has 1 aromatic carbocycles. The summed E-state index contributed by atoms with van der Waals surface area (Å²) in [7, 11) is 1.22. The maximum absolute atomic E-state index is 13.9. The SMILES string of the molecule is COc1cc(N[C@@H](CC(C)C)C(=O)O)c(F)cc1[N+](=O)[O-]. The lowest BCUT2D eigenvalue weighted by atomic mass is 10.0. The van der Waals surface area contributed by atoms with Crippen molar-refractivity contribution in [3.8, 4) is 5.75 Å². The first kappa shape index (κ1) is 16.7. The third-order valence-corrected chi connectivity index (χ3v) is 2.80. The van der Waals surface area contributed by atoms with Crippen LogP contribution in [0.4, 0.5) is 15.8 Å². The number of carboxylic acid groups (broad SMARTS) is 1.